The fourth-order valence-corrected chi connectivity index (χ4v) is 3.18. The molecule has 1 N–H and O–H groups in total. The third-order valence-electron chi connectivity index (χ3n) is 3.82. The first kappa shape index (κ1) is 18.9. The second kappa shape index (κ2) is 8.62. The lowest BCUT2D eigenvalue weighted by atomic mass is 9.91. The molecule has 0 fully saturated rings. The van der Waals surface area contributed by atoms with Crippen molar-refractivity contribution in [1.82, 2.24) is 4.98 Å². The quantitative estimate of drug-likeness (QED) is 0.697. The van der Waals surface area contributed by atoms with Crippen LogP contribution in [0.25, 0.3) is 17.7 Å². The van der Waals surface area contributed by atoms with Crippen LogP contribution >= 0.6 is 11.3 Å². The molecule has 0 aliphatic carbocycles. The van der Waals surface area contributed by atoms with Crippen molar-refractivity contribution < 1.29 is 14.6 Å². The van der Waals surface area contributed by atoms with Crippen molar-refractivity contribution in [2.24, 2.45) is 5.92 Å². The maximum Gasteiger partial charge on any atom is 0.310 e. The monoisotopic (exact) mass is 357 g/mol. The van der Waals surface area contributed by atoms with Gasteiger partial charge in [-0.3, -0.25) is 4.79 Å². The minimum atomic E-state index is -0.886. The number of nitrogens with zero attached hydrogens (tertiary/aromatic N) is 1. The fourth-order valence-electron chi connectivity index (χ4n) is 2.38. The van der Waals surface area contributed by atoms with Crippen molar-refractivity contribution in [3.63, 3.8) is 0 Å². The third kappa shape index (κ3) is 4.79. The molecule has 0 amide bonds. The van der Waals surface area contributed by atoms with Gasteiger partial charge in [-0.05, 0) is 24.1 Å². The second-order valence-corrected chi connectivity index (χ2v) is 6.94. The van der Waals surface area contributed by atoms with Crippen molar-refractivity contribution in [1.29, 1.82) is 0 Å². The summed E-state index contributed by atoms with van der Waals surface area (Å²) in [4.78, 5) is 16.0. The number of aliphatic carboxylic acids is 1. The maximum absolute atomic E-state index is 11.4. The number of carbonyl (C=O) groups is 1. The largest absolute Gasteiger partial charge is 0.504 e. The number of aromatic nitrogens is 1. The molecule has 1 atom stereocenters. The van der Waals surface area contributed by atoms with E-state index in [9.17, 15) is 9.90 Å². The molecule has 0 spiro atoms. The molecule has 0 radical (unpaired) electrons. The molecule has 0 aliphatic heterocycles. The zero-order valence-electron chi connectivity index (χ0n) is 14.9. The van der Waals surface area contributed by atoms with Gasteiger partial charge >= 0.3 is 5.97 Å². The van der Waals surface area contributed by atoms with Crippen LogP contribution in [0, 0.1) is 5.92 Å². The average molecular weight is 357 g/mol. The summed E-state index contributed by atoms with van der Waals surface area (Å²) in [6, 6.07) is 7.69. The molecule has 2 aromatic rings. The van der Waals surface area contributed by atoms with Gasteiger partial charge in [0.2, 0.25) is 0 Å². The number of rotatable bonds is 7. The summed E-state index contributed by atoms with van der Waals surface area (Å²) < 4.78 is 5.12. The van der Waals surface area contributed by atoms with Crippen LogP contribution in [-0.4, -0.2) is 23.2 Å². The summed E-state index contributed by atoms with van der Waals surface area (Å²) in [6.45, 7) is 5.90. The Kier molecular flexibility index (Phi) is 6.53. The number of thiazole rings is 1. The number of benzene rings is 1. The van der Waals surface area contributed by atoms with E-state index in [1.807, 2.05) is 41.8 Å². The van der Waals surface area contributed by atoms with Gasteiger partial charge in [0, 0.05) is 16.9 Å². The van der Waals surface area contributed by atoms with E-state index in [0.717, 1.165) is 21.8 Å². The van der Waals surface area contributed by atoms with Crippen LogP contribution in [0.3, 0.4) is 0 Å². The second-order valence-electron chi connectivity index (χ2n) is 6.05. The summed E-state index contributed by atoms with van der Waals surface area (Å²) in [5, 5.41) is 12.5. The van der Waals surface area contributed by atoms with Crippen LogP contribution in [0.1, 0.15) is 48.5 Å². The molecule has 1 heterocycles. The van der Waals surface area contributed by atoms with E-state index in [-0.39, 0.29) is 0 Å². The first-order valence-electron chi connectivity index (χ1n) is 8.12. The predicted octanol–water partition coefficient (Wildman–Crippen LogP) is 5.14. The zero-order valence-corrected chi connectivity index (χ0v) is 15.7. The molecule has 25 heavy (non-hydrogen) atoms. The molecule has 1 aromatic heterocycles. The van der Waals surface area contributed by atoms with E-state index >= 15 is 0 Å². The van der Waals surface area contributed by atoms with Crippen molar-refractivity contribution in [2.75, 3.05) is 7.11 Å². The van der Waals surface area contributed by atoms with Gasteiger partial charge in [0.1, 0.15) is 0 Å². The summed E-state index contributed by atoms with van der Waals surface area (Å²) in [7, 11) is 1.52. The molecule has 1 unspecified atom stereocenters. The summed E-state index contributed by atoms with van der Waals surface area (Å²) >= 11 is 1.65. The van der Waals surface area contributed by atoms with Gasteiger partial charge in [0.15, 0.2) is 0 Å². The summed E-state index contributed by atoms with van der Waals surface area (Å²) in [5.41, 5.74) is 3.32. The molecule has 5 heteroatoms. The topological polar surface area (TPSA) is 59.4 Å². The Morgan fingerprint density at radius 1 is 1.24 bits per heavy atom. The highest BCUT2D eigenvalue weighted by Crippen LogP contribution is 2.28. The first-order valence-corrected chi connectivity index (χ1v) is 9.00. The lowest BCUT2D eigenvalue weighted by Gasteiger charge is -2.14. The Morgan fingerprint density at radius 2 is 1.96 bits per heavy atom. The van der Waals surface area contributed by atoms with E-state index < -0.39 is 11.9 Å². The highest BCUT2D eigenvalue weighted by Gasteiger charge is 2.20. The van der Waals surface area contributed by atoms with E-state index in [1.54, 1.807) is 18.3 Å². The lowest BCUT2D eigenvalue weighted by Crippen LogP contribution is -2.12. The summed E-state index contributed by atoms with van der Waals surface area (Å²) in [5.74, 6) is -1.14. The van der Waals surface area contributed by atoms with Crippen LogP contribution in [0.15, 0.2) is 35.9 Å². The number of hydrogen-bond acceptors (Lipinski definition) is 4. The van der Waals surface area contributed by atoms with E-state index in [4.69, 9.17) is 4.74 Å². The molecule has 4 nitrogen and oxygen atoms in total. The number of carboxylic acid groups (broad SMARTS) is 1. The van der Waals surface area contributed by atoms with Crippen molar-refractivity contribution in [3.05, 3.63) is 57.7 Å². The summed E-state index contributed by atoms with van der Waals surface area (Å²) in [6.07, 6.45) is 5.43. The van der Waals surface area contributed by atoms with E-state index in [0.29, 0.717) is 11.5 Å². The Balaban J connectivity index is 2.37. The van der Waals surface area contributed by atoms with Gasteiger partial charge in [-0.25, -0.2) is 4.98 Å². The molecule has 0 bridgehead atoms. The Hall–Kier alpha value is -2.40. The van der Waals surface area contributed by atoms with Crippen LogP contribution in [-0.2, 0) is 9.53 Å². The van der Waals surface area contributed by atoms with Crippen molar-refractivity contribution >= 4 is 35.0 Å². The molecule has 1 aromatic carbocycles. The fraction of sp³-hybridized carbons (Fsp3) is 0.300. The van der Waals surface area contributed by atoms with Gasteiger partial charge in [0.05, 0.1) is 30.0 Å². The Labute approximate surface area is 152 Å². The molecular weight excluding hydrogens is 334 g/mol. The lowest BCUT2D eigenvalue weighted by molar-refractivity contribution is -0.139. The third-order valence-corrected chi connectivity index (χ3v) is 4.98. The maximum atomic E-state index is 11.4. The van der Waals surface area contributed by atoms with Gasteiger partial charge in [0.25, 0.3) is 0 Å². The Morgan fingerprint density at radius 3 is 2.56 bits per heavy atom. The standard InChI is InChI=1S/C20H23NO3S/c1-13(2)19-21-16(12-25-19)10-9-15-7-5-6-8-17(15)18(11-24-4)14(3)20(22)23/h5-14H,1-4H3,(H,22,23)/b10-9+,18-11+. The number of hydrogen-bond donors (Lipinski definition) is 1. The van der Waals surface area contributed by atoms with E-state index in [1.165, 1.54) is 13.4 Å². The number of methoxy groups -OCH3 is 1. The van der Waals surface area contributed by atoms with Gasteiger partial charge in [-0.2, -0.15) is 0 Å². The minimum Gasteiger partial charge on any atom is -0.504 e. The Bertz CT molecular complexity index is 790. The molecule has 2 rings (SSSR count). The SMILES string of the molecule is CO/C=C(/c1ccccc1/C=C/c1csc(C(C)C)n1)C(C)C(=O)O. The average Bonchev–Trinajstić information content (AvgIpc) is 3.07. The van der Waals surface area contributed by atoms with Crippen LogP contribution in [0.5, 0.6) is 0 Å². The molecule has 0 saturated heterocycles. The van der Waals surface area contributed by atoms with Crippen LogP contribution < -0.4 is 0 Å². The smallest absolute Gasteiger partial charge is 0.310 e. The minimum absolute atomic E-state index is 0.409. The van der Waals surface area contributed by atoms with Gasteiger partial charge in [-0.1, -0.05) is 44.2 Å². The zero-order chi connectivity index (χ0) is 18.4. The molecule has 0 aliphatic rings. The highest BCUT2D eigenvalue weighted by molar-refractivity contribution is 7.09. The van der Waals surface area contributed by atoms with Crippen LogP contribution in [0.4, 0.5) is 0 Å². The number of ether oxygens (including phenoxy) is 1. The van der Waals surface area contributed by atoms with Crippen LogP contribution in [0.2, 0.25) is 0 Å². The normalized spacial score (nSPS) is 13.4. The molecule has 132 valence electrons. The van der Waals surface area contributed by atoms with Gasteiger partial charge < -0.3 is 9.84 Å². The van der Waals surface area contributed by atoms with Crippen molar-refractivity contribution in [2.45, 2.75) is 26.7 Å². The molecular formula is C20H23NO3S. The van der Waals surface area contributed by atoms with E-state index in [2.05, 4.69) is 18.8 Å². The molecule has 0 saturated carbocycles. The van der Waals surface area contributed by atoms with Crippen molar-refractivity contribution in [3.8, 4) is 0 Å². The number of carboxylic acids is 1. The highest BCUT2D eigenvalue weighted by atomic mass is 32.1. The first-order chi connectivity index (χ1) is 11.9. The van der Waals surface area contributed by atoms with Gasteiger partial charge in [-0.15, -0.1) is 11.3 Å². The predicted molar refractivity (Wildman–Crippen MR) is 103 cm³/mol.